The van der Waals surface area contributed by atoms with Gasteiger partial charge < -0.3 is 0 Å². The zero-order valence-electron chi connectivity index (χ0n) is 11.9. The topological polar surface area (TPSA) is 58.2 Å². The number of fused-ring (bicyclic) bond motifs is 1. The Kier molecular flexibility index (Phi) is 2.86. The molecule has 102 valence electrons. The molecule has 1 fully saturated rings. The Hall–Kier alpha value is -2.15. The van der Waals surface area contributed by atoms with E-state index in [1.54, 1.807) is 10.5 Å². The third kappa shape index (κ3) is 1.82. The fourth-order valence-electron chi connectivity index (χ4n) is 2.99. The number of aromatic nitrogens is 2. The average molecular weight is 267 g/mol. The van der Waals surface area contributed by atoms with E-state index in [0.29, 0.717) is 11.6 Å². The Labute approximate surface area is 117 Å². The lowest BCUT2D eigenvalue weighted by Crippen LogP contribution is -2.19. The minimum absolute atomic E-state index is 0.0118. The van der Waals surface area contributed by atoms with E-state index in [9.17, 15) is 4.79 Å². The normalized spacial score (nSPS) is 24.6. The summed E-state index contributed by atoms with van der Waals surface area (Å²) in [5.74, 6) is 0.467. The summed E-state index contributed by atoms with van der Waals surface area (Å²) in [5.41, 5.74) is 3.47. The molecule has 0 amide bonds. The summed E-state index contributed by atoms with van der Waals surface area (Å²) in [4.78, 5) is 16.9. The Bertz CT molecular complexity index is 785. The van der Waals surface area contributed by atoms with E-state index in [4.69, 9.17) is 5.26 Å². The number of nitriles is 1. The molecule has 0 spiro atoms. The molecule has 2 aromatic rings. The predicted molar refractivity (Wildman–Crippen MR) is 76.6 cm³/mol. The maximum absolute atomic E-state index is 12.4. The van der Waals surface area contributed by atoms with Crippen molar-refractivity contribution in [2.75, 3.05) is 0 Å². The first-order valence-corrected chi connectivity index (χ1v) is 6.99. The molecule has 1 saturated carbocycles. The number of rotatable bonds is 2. The van der Waals surface area contributed by atoms with Gasteiger partial charge in [-0.1, -0.05) is 13.8 Å². The highest BCUT2D eigenvalue weighted by Crippen LogP contribution is 2.53. The maximum Gasteiger partial charge on any atom is 0.258 e. The quantitative estimate of drug-likeness (QED) is 0.839. The van der Waals surface area contributed by atoms with Crippen LogP contribution in [0.4, 0.5) is 0 Å². The Morgan fingerprint density at radius 3 is 2.75 bits per heavy atom. The zero-order valence-corrected chi connectivity index (χ0v) is 11.9. The van der Waals surface area contributed by atoms with Crippen LogP contribution in [0.15, 0.2) is 23.0 Å². The van der Waals surface area contributed by atoms with Crippen molar-refractivity contribution >= 4 is 5.65 Å². The van der Waals surface area contributed by atoms with Gasteiger partial charge in [0.15, 0.2) is 0 Å². The molecule has 3 rings (SSSR count). The highest BCUT2D eigenvalue weighted by atomic mass is 16.1. The molecule has 0 aromatic carbocycles. The number of hydrogen-bond acceptors (Lipinski definition) is 3. The molecule has 1 aliphatic carbocycles. The lowest BCUT2D eigenvalue weighted by molar-refractivity contribution is 0.835. The molecule has 20 heavy (non-hydrogen) atoms. The number of aryl methyl sites for hydroxylation is 2. The monoisotopic (exact) mass is 267 g/mol. The highest BCUT2D eigenvalue weighted by molar-refractivity contribution is 5.46. The zero-order chi connectivity index (χ0) is 14.4. The summed E-state index contributed by atoms with van der Waals surface area (Å²) < 4.78 is 1.67. The van der Waals surface area contributed by atoms with Crippen LogP contribution >= 0.6 is 0 Å². The van der Waals surface area contributed by atoms with Crippen LogP contribution in [0.2, 0.25) is 0 Å². The van der Waals surface area contributed by atoms with E-state index >= 15 is 0 Å². The largest absolute Gasteiger partial charge is 0.269 e. The molecule has 2 aromatic heterocycles. The van der Waals surface area contributed by atoms with E-state index in [0.717, 1.165) is 23.4 Å². The van der Waals surface area contributed by atoms with E-state index in [1.807, 2.05) is 26.0 Å². The highest BCUT2D eigenvalue weighted by Gasteiger charge is 2.49. The molecule has 2 heterocycles. The molecule has 2 unspecified atom stereocenters. The van der Waals surface area contributed by atoms with Gasteiger partial charge in [0.1, 0.15) is 5.65 Å². The average Bonchev–Trinajstić information content (AvgIpc) is 3.07. The van der Waals surface area contributed by atoms with Crippen molar-refractivity contribution in [2.24, 2.45) is 11.8 Å². The smallest absolute Gasteiger partial charge is 0.258 e. The van der Waals surface area contributed by atoms with Gasteiger partial charge in [-0.25, -0.2) is 4.98 Å². The van der Waals surface area contributed by atoms with Crippen molar-refractivity contribution in [1.82, 2.24) is 9.38 Å². The summed E-state index contributed by atoms with van der Waals surface area (Å²) in [6.45, 7) is 6.05. The van der Waals surface area contributed by atoms with Crippen molar-refractivity contribution in [1.29, 1.82) is 5.26 Å². The van der Waals surface area contributed by atoms with E-state index in [1.165, 1.54) is 0 Å². The lowest BCUT2D eigenvalue weighted by Gasteiger charge is -2.10. The van der Waals surface area contributed by atoms with Crippen LogP contribution in [0, 0.1) is 30.1 Å². The molecule has 1 aliphatic rings. The molecule has 0 bridgehead atoms. The second-order valence-electron chi connectivity index (χ2n) is 5.63. The molecule has 0 N–H and O–H groups in total. The van der Waals surface area contributed by atoms with Crippen LogP contribution < -0.4 is 5.56 Å². The van der Waals surface area contributed by atoms with Crippen molar-refractivity contribution in [3.05, 3.63) is 45.5 Å². The van der Waals surface area contributed by atoms with Gasteiger partial charge in [0.05, 0.1) is 12.0 Å². The van der Waals surface area contributed by atoms with Crippen LogP contribution in [0.25, 0.3) is 5.65 Å². The molecule has 0 radical (unpaired) electrons. The SMILES string of the molecule is CCc1cc(=O)n2c(C3C(C#N)[C@H]3C)cc(C)cc2n1. The Morgan fingerprint density at radius 2 is 2.15 bits per heavy atom. The van der Waals surface area contributed by atoms with Crippen LogP contribution in [0.5, 0.6) is 0 Å². The molecule has 4 nitrogen and oxygen atoms in total. The molecule has 0 aliphatic heterocycles. The van der Waals surface area contributed by atoms with Crippen molar-refractivity contribution in [3.8, 4) is 6.07 Å². The van der Waals surface area contributed by atoms with Gasteiger partial charge in [-0.15, -0.1) is 0 Å². The molecule has 3 atom stereocenters. The number of pyridine rings is 1. The van der Waals surface area contributed by atoms with Crippen LogP contribution in [0.3, 0.4) is 0 Å². The van der Waals surface area contributed by atoms with Crippen LogP contribution in [0.1, 0.15) is 36.7 Å². The summed E-state index contributed by atoms with van der Waals surface area (Å²) in [7, 11) is 0. The standard InChI is InChI=1S/C16H17N3O/c1-4-11-7-15(20)19-13(16-10(3)12(16)8-17)5-9(2)6-14(19)18-11/h5-7,10,12,16H,4H2,1-3H3/t10-,12?,16?/m1/s1. The van der Waals surface area contributed by atoms with Gasteiger partial charge in [0.2, 0.25) is 0 Å². The minimum atomic E-state index is -0.0439. The van der Waals surface area contributed by atoms with Gasteiger partial charge in [-0.3, -0.25) is 9.20 Å². The van der Waals surface area contributed by atoms with Crippen LogP contribution in [-0.4, -0.2) is 9.38 Å². The van der Waals surface area contributed by atoms with Crippen LogP contribution in [-0.2, 0) is 6.42 Å². The van der Waals surface area contributed by atoms with Crippen molar-refractivity contribution in [2.45, 2.75) is 33.1 Å². The minimum Gasteiger partial charge on any atom is -0.269 e. The van der Waals surface area contributed by atoms with Gasteiger partial charge in [0.25, 0.3) is 5.56 Å². The summed E-state index contributed by atoms with van der Waals surface area (Å²) in [6.07, 6.45) is 0.746. The lowest BCUT2D eigenvalue weighted by atomic mass is 10.1. The summed E-state index contributed by atoms with van der Waals surface area (Å²) >= 11 is 0. The first-order valence-electron chi connectivity index (χ1n) is 6.99. The van der Waals surface area contributed by atoms with E-state index < -0.39 is 0 Å². The second kappa shape index (κ2) is 4.45. The van der Waals surface area contributed by atoms with E-state index in [2.05, 4.69) is 18.0 Å². The van der Waals surface area contributed by atoms with Gasteiger partial charge in [-0.05, 0) is 37.0 Å². The Morgan fingerprint density at radius 1 is 1.40 bits per heavy atom. The molecular weight excluding hydrogens is 250 g/mol. The second-order valence-corrected chi connectivity index (χ2v) is 5.63. The summed E-state index contributed by atoms with van der Waals surface area (Å²) in [5, 5.41) is 9.15. The maximum atomic E-state index is 12.4. The van der Waals surface area contributed by atoms with Gasteiger partial charge in [0, 0.05) is 23.4 Å². The fourth-order valence-corrected chi connectivity index (χ4v) is 2.99. The third-order valence-electron chi connectivity index (χ3n) is 4.22. The summed E-state index contributed by atoms with van der Waals surface area (Å²) in [6, 6.07) is 7.87. The molecule has 4 heteroatoms. The number of nitrogens with zero attached hydrogens (tertiary/aromatic N) is 3. The van der Waals surface area contributed by atoms with Crippen molar-refractivity contribution in [3.63, 3.8) is 0 Å². The fraction of sp³-hybridized carbons (Fsp3) is 0.438. The Balaban J connectivity index is 2.28. The van der Waals surface area contributed by atoms with Gasteiger partial charge in [-0.2, -0.15) is 5.26 Å². The molecule has 0 saturated heterocycles. The number of hydrogen-bond donors (Lipinski definition) is 0. The molecular formula is C16H17N3O. The third-order valence-corrected chi connectivity index (χ3v) is 4.22. The van der Waals surface area contributed by atoms with Gasteiger partial charge >= 0.3 is 0 Å². The van der Waals surface area contributed by atoms with Crippen molar-refractivity contribution < 1.29 is 0 Å². The van der Waals surface area contributed by atoms with E-state index in [-0.39, 0.29) is 17.4 Å². The predicted octanol–water partition coefficient (Wildman–Crippen LogP) is 2.44. The first-order chi connectivity index (χ1) is 9.56. The first kappa shape index (κ1) is 12.9.